The Morgan fingerprint density at radius 3 is 2.48 bits per heavy atom. The van der Waals surface area contributed by atoms with Gasteiger partial charge in [0.1, 0.15) is 5.75 Å². The number of ether oxygens (including phenoxy) is 2. The molecule has 1 fully saturated rings. The number of morpholine rings is 1. The zero-order valence-corrected chi connectivity index (χ0v) is 15.3. The molecule has 1 aromatic carbocycles. The Kier molecular flexibility index (Phi) is 5.67. The van der Waals surface area contributed by atoms with E-state index in [2.05, 4.69) is 0 Å². The zero-order chi connectivity index (χ0) is 17.2. The first-order chi connectivity index (χ1) is 10.8. The van der Waals surface area contributed by atoms with Gasteiger partial charge in [-0.15, -0.1) is 0 Å². The van der Waals surface area contributed by atoms with Crippen molar-refractivity contribution < 1.29 is 17.9 Å². The Morgan fingerprint density at radius 1 is 1.35 bits per heavy atom. The lowest BCUT2D eigenvalue weighted by Gasteiger charge is -2.33. The predicted molar refractivity (Wildman–Crippen MR) is 89.8 cm³/mol. The van der Waals surface area contributed by atoms with Crippen molar-refractivity contribution in [3.8, 4) is 5.75 Å². The molecular formula is C16H26N2O4S. The summed E-state index contributed by atoms with van der Waals surface area (Å²) in [5.41, 5.74) is 2.97. The molecule has 2 rings (SSSR count). The molecule has 1 saturated heterocycles. The van der Waals surface area contributed by atoms with E-state index in [0.29, 0.717) is 26.2 Å². The second kappa shape index (κ2) is 7.17. The molecule has 1 aromatic rings. The summed E-state index contributed by atoms with van der Waals surface area (Å²) in [7, 11) is -0.220. The van der Waals surface area contributed by atoms with E-state index in [9.17, 15) is 8.42 Å². The predicted octanol–water partition coefficient (Wildman–Crippen LogP) is 1.71. The monoisotopic (exact) mass is 342 g/mol. The minimum Gasteiger partial charge on any atom is -0.496 e. The Labute approximate surface area is 139 Å². The van der Waals surface area contributed by atoms with Gasteiger partial charge >= 0.3 is 0 Å². The molecule has 0 bridgehead atoms. The van der Waals surface area contributed by atoms with E-state index in [1.165, 1.54) is 8.61 Å². The van der Waals surface area contributed by atoms with Gasteiger partial charge in [0.05, 0.1) is 19.8 Å². The van der Waals surface area contributed by atoms with Gasteiger partial charge in [-0.1, -0.05) is 12.1 Å². The molecule has 0 amide bonds. The number of nitrogens with zero attached hydrogens (tertiary/aromatic N) is 2. The molecule has 0 unspecified atom stereocenters. The van der Waals surface area contributed by atoms with E-state index in [1.54, 1.807) is 14.2 Å². The number of hydrogen-bond acceptors (Lipinski definition) is 4. The van der Waals surface area contributed by atoms with Crippen molar-refractivity contribution in [1.82, 2.24) is 8.61 Å². The Morgan fingerprint density at radius 2 is 1.96 bits per heavy atom. The highest BCUT2D eigenvalue weighted by atomic mass is 32.2. The highest BCUT2D eigenvalue weighted by Gasteiger charge is 2.31. The maximum Gasteiger partial charge on any atom is 0.282 e. The molecule has 1 heterocycles. The standard InChI is InChI=1S/C16H26N2O4S/c1-12-8-15(9-13(2)16(12)21-5)11-17(4)23(19,20)18-6-7-22-14(3)10-18/h8-9,14H,6-7,10-11H2,1-5H3/t14-/m1/s1. The van der Waals surface area contributed by atoms with Crippen LogP contribution < -0.4 is 4.74 Å². The Hall–Kier alpha value is -1.15. The van der Waals surface area contributed by atoms with Crippen molar-refractivity contribution in [3.63, 3.8) is 0 Å². The van der Waals surface area contributed by atoms with E-state index >= 15 is 0 Å². The van der Waals surface area contributed by atoms with Crippen molar-refractivity contribution in [2.75, 3.05) is 33.9 Å². The van der Waals surface area contributed by atoms with Crippen LogP contribution in [0.4, 0.5) is 0 Å². The van der Waals surface area contributed by atoms with Crippen LogP contribution in [0.15, 0.2) is 12.1 Å². The lowest BCUT2D eigenvalue weighted by molar-refractivity contribution is 0.00846. The highest BCUT2D eigenvalue weighted by molar-refractivity contribution is 7.86. The van der Waals surface area contributed by atoms with E-state index in [-0.39, 0.29) is 6.10 Å². The summed E-state index contributed by atoms with van der Waals surface area (Å²) >= 11 is 0. The van der Waals surface area contributed by atoms with Crippen LogP contribution in [0.5, 0.6) is 5.75 Å². The molecule has 1 aliphatic heterocycles. The number of rotatable bonds is 5. The van der Waals surface area contributed by atoms with Crippen LogP contribution in [0.25, 0.3) is 0 Å². The summed E-state index contributed by atoms with van der Waals surface area (Å²) in [5.74, 6) is 0.848. The molecule has 0 aromatic heterocycles. The fourth-order valence-corrected chi connectivity index (χ4v) is 4.40. The van der Waals surface area contributed by atoms with Crippen LogP contribution in [-0.4, -0.2) is 57.0 Å². The van der Waals surface area contributed by atoms with Crippen LogP contribution in [-0.2, 0) is 21.5 Å². The summed E-state index contributed by atoms with van der Waals surface area (Å²) in [6, 6.07) is 3.94. The van der Waals surface area contributed by atoms with Gasteiger partial charge in [-0.25, -0.2) is 0 Å². The molecule has 7 heteroatoms. The third kappa shape index (κ3) is 4.03. The van der Waals surface area contributed by atoms with Gasteiger partial charge in [-0.2, -0.15) is 17.0 Å². The molecule has 0 aliphatic carbocycles. The van der Waals surface area contributed by atoms with Gasteiger partial charge in [0.2, 0.25) is 0 Å². The fourth-order valence-electron chi connectivity index (χ4n) is 2.99. The van der Waals surface area contributed by atoms with Crippen LogP contribution in [0.2, 0.25) is 0 Å². The first-order valence-corrected chi connectivity index (χ1v) is 9.12. The minimum atomic E-state index is -3.48. The molecule has 0 N–H and O–H groups in total. The maximum atomic E-state index is 12.7. The molecule has 1 atom stereocenters. The minimum absolute atomic E-state index is 0.0719. The van der Waals surface area contributed by atoms with E-state index < -0.39 is 10.2 Å². The average Bonchev–Trinajstić information content (AvgIpc) is 2.46. The van der Waals surface area contributed by atoms with Crippen molar-refractivity contribution >= 4 is 10.2 Å². The van der Waals surface area contributed by atoms with Gasteiger partial charge in [0, 0.05) is 26.7 Å². The van der Waals surface area contributed by atoms with Crippen molar-refractivity contribution in [3.05, 3.63) is 28.8 Å². The van der Waals surface area contributed by atoms with Crippen molar-refractivity contribution in [2.45, 2.75) is 33.4 Å². The summed E-state index contributed by atoms with van der Waals surface area (Å²) in [6.45, 7) is 7.39. The van der Waals surface area contributed by atoms with Gasteiger partial charge in [0.25, 0.3) is 10.2 Å². The molecule has 6 nitrogen and oxygen atoms in total. The first kappa shape index (κ1) is 18.2. The van der Waals surface area contributed by atoms with Gasteiger partial charge in [-0.05, 0) is 37.5 Å². The number of methoxy groups -OCH3 is 1. The van der Waals surface area contributed by atoms with Crippen LogP contribution in [0.1, 0.15) is 23.6 Å². The maximum absolute atomic E-state index is 12.7. The largest absolute Gasteiger partial charge is 0.496 e. The zero-order valence-electron chi connectivity index (χ0n) is 14.5. The summed E-state index contributed by atoms with van der Waals surface area (Å²) < 4.78 is 39.1. The van der Waals surface area contributed by atoms with Gasteiger partial charge in [0.15, 0.2) is 0 Å². The molecule has 0 saturated carbocycles. The topological polar surface area (TPSA) is 59.1 Å². The Balaban J connectivity index is 2.16. The van der Waals surface area contributed by atoms with Crippen molar-refractivity contribution in [2.24, 2.45) is 0 Å². The van der Waals surface area contributed by atoms with E-state index in [1.807, 2.05) is 32.9 Å². The summed E-state index contributed by atoms with van der Waals surface area (Å²) in [6.07, 6.45) is -0.0719. The molecule has 1 aliphatic rings. The molecule has 0 radical (unpaired) electrons. The molecule has 0 spiro atoms. The van der Waals surface area contributed by atoms with Crippen LogP contribution in [0, 0.1) is 13.8 Å². The SMILES string of the molecule is COc1c(C)cc(CN(C)S(=O)(=O)N2CCO[C@H](C)C2)cc1C. The molecule has 23 heavy (non-hydrogen) atoms. The lowest BCUT2D eigenvalue weighted by Crippen LogP contribution is -2.49. The number of hydrogen-bond donors (Lipinski definition) is 0. The van der Waals surface area contributed by atoms with E-state index in [0.717, 1.165) is 22.4 Å². The van der Waals surface area contributed by atoms with Gasteiger partial charge < -0.3 is 9.47 Å². The smallest absolute Gasteiger partial charge is 0.282 e. The van der Waals surface area contributed by atoms with Crippen LogP contribution in [0.3, 0.4) is 0 Å². The normalized spacial score (nSPS) is 20.0. The average molecular weight is 342 g/mol. The quantitative estimate of drug-likeness (QED) is 0.817. The third-order valence-electron chi connectivity index (χ3n) is 4.05. The highest BCUT2D eigenvalue weighted by Crippen LogP contribution is 2.25. The summed E-state index contributed by atoms with van der Waals surface area (Å²) in [4.78, 5) is 0. The molecule has 130 valence electrons. The van der Waals surface area contributed by atoms with E-state index in [4.69, 9.17) is 9.47 Å². The van der Waals surface area contributed by atoms with Crippen molar-refractivity contribution in [1.29, 1.82) is 0 Å². The Bertz CT molecular complexity index is 637. The fraction of sp³-hybridized carbons (Fsp3) is 0.625. The number of aryl methyl sites for hydroxylation is 2. The second-order valence-corrected chi connectivity index (χ2v) is 8.10. The lowest BCUT2D eigenvalue weighted by atomic mass is 10.1. The first-order valence-electron chi connectivity index (χ1n) is 7.72. The summed E-state index contributed by atoms with van der Waals surface area (Å²) in [5, 5.41) is 0. The van der Waals surface area contributed by atoms with Gasteiger partial charge in [-0.3, -0.25) is 0 Å². The van der Waals surface area contributed by atoms with Crippen LogP contribution >= 0.6 is 0 Å². The third-order valence-corrected chi connectivity index (χ3v) is 5.95. The molecular weight excluding hydrogens is 316 g/mol. The second-order valence-electron chi connectivity index (χ2n) is 6.07. The number of benzene rings is 1.